The molecule has 0 bridgehead atoms. The van der Waals surface area contributed by atoms with Gasteiger partial charge in [-0.3, -0.25) is 9.69 Å². The van der Waals surface area contributed by atoms with Crippen molar-refractivity contribution >= 4 is 11.5 Å². The molecule has 1 fully saturated rings. The molecule has 0 saturated carbocycles. The number of nitrogens with zero attached hydrogens (tertiary/aromatic N) is 2. The number of ether oxygens (including phenoxy) is 1. The molecule has 0 aliphatic carbocycles. The van der Waals surface area contributed by atoms with Crippen LogP contribution in [0.4, 0.5) is 5.69 Å². The van der Waals surface area contributed by atoms with Gasteiger partial charge in [0.05, 0.1) is 19.8 Å². The lowest BCUT2D eigenvalue weighted by Crippen LogP contribution is -2.39. The number of para-hydroxylation sites is 1. The maximum absolute atomic E-state index is 12.5. The molecule has 4 heteroatoms. The van der Waals surface area contributed by atoms with E-state index in [0.717, 1.165) is 32.0 Å². The van der Waals surface area contributed by atoms with E-state index in [-0.39, 0.29) is 11.2 Å². The highest BCUT2D eigenvalue weighted by Crippen LogP contribution is 2.46. The number of benzene rings is 1. The topological polar surface area (TPSA) is 32.8 Å². The van der Waals surface area contributed by atoms with Crippen LogP contribution < -0.4 is 4.90 Å². The van der Waals surface area contributed by atoms with E-state index in [0.29, 0.717) is 6.54 Å². The van der Waals surface area contributed by atoms with E-state index in [1.54, 1.807) is 0 Å². The lowest BCUT2D eigenvalue weighted by atomic mass is 9.83. The summed E-state index contributed by atoms with van der Waals surface area (Å²) in [4.78, 5) is 16.8. The van der Waals surface area contributed by atoms with Gasteiger partial charge in [-0.1, -0.05) is 32.0 Å². The largest absolute Gasteiger partial charge is 0.379 e. The van der Waals surface area contributed by atoms with Crippen molar-refractivity contribution in [2.45, 2.75) is 19.3 Å². The van der Waals surface area contributed by atoms with Gasteiger partial charge < -0.3 is 9.64 Å². The monoisotopic (exact) mass is 300 g/mol. The number of fused-ring (bicyclic) bond motifs is 1. The average Bonchev–Trinajstić information content (AvgIpc) is 2.70. The summed E-state index contributed by atoms with van der Waals surface area (Å²) in [6.45, 7) is 7.98. The van der Waals surface area contributed by atoms with E-state index in [9.17, 15) is 4.79 Å². The molecule has 0 N–H and O–H groups in total. The Kier molecular flexibility index (Phi) is 4.06. The summed E-state index contributed by atoms with van der Waals surface area (Å²) in [5, 5.41) is 0. The van der Waals surface area contributed by atoms with Crippen LogP contribution >= 0.6 is 0 Å². The Hall–Kier alpha value is -1.65. The Bertz CT molecular complexity index is 601. The molecular formula is C18H24N2O2. The van der Waals surface area contributed by atoms with Crippen LogP contribution in [0.2, 0.25) is 0 Å². The summed E-state index contributed by atoms with van der Waals surface area (Å²) in [5.74, 6) is 0.171. The van der Waals surface area contributed by atoms with Crippen molar-refractivity contribution in [2.24, 2.45) is 0 Å². The summed E-state index contributed by atoms with van der Waals surface area (Å²) >= 11 is 0. The highest BCUT2D eigenvalue weighted by molar-refractivity contribution is 5.94. The van der Waals surface area contributed by atoms with Gasteiger partial charge in [-0.05, 0) is 11.6 Å². The lowest BCUT2D eigenvalue weighted by Gasteiger charge is -2.27. The Labute approximate surface area is 132 Å². The predicted molar refractivity (Wildman–Crippen MR) is 88.2 cm³/mol. The molecule has 0 amide bonds. The molecule has 22 heavy (non-hydrogen) atoms. The molecule has 4 nitrogen and oxygen atoms in total. The average molecular weight is 300 g/mol. The van der Waals surface area contributed by atoms with Gasteiger partial charge in [0.25, 0.3) is 0 Å². The quantitative estimate of drug-likeness (QED) is 0.801. The summed E-state index contributed by atoms with van der Waals surface area (Å²) in [6.07, 6.45) is 1.83. The SMILES string of the molecule is CN1C(=CC(=O)CN2CCOCC2)C(C)(C)c2ccccc21. The highest BCUT2D eigenvalue weighted by Gasteiger charge is 2.38. The first-order valence-electron chi connectivity index (χ1n) is 7.88. The van der Waals surface area contributed by atoms with E-state index in [1.165, 1.54) is 11.3 Å². The van der Waals surface area contributed by atoms with Gasteiger partial charge in [0, 0.05) is 43.0 Å². The van der Waals surface area contributed by atoms with Gasteiger partial charge in [0.15, 0.2) is 5.78 Å². The Morgan fingerprint density at radius 3 is 2.64 bits per heavy atom. The zero-order valence-corrected chi connectivity index (χ0v) is 13.6. The van der Waals surface area contributed by atoms with E-state index < -0.39 is 0 Å². The number of hydrogen-bond donors (Lipinski definition) is 0. The number of morpholine rings is 1. The maximum Gasteiger partial charge on any atom is 0.171 e. The molecule has 0 atom stereocenters. The Morgan fingerprint density at radius 2 is 1.95 bits per heavy atom. The summed E-state index contributed by atoms with van der Waals surface area (Å²) in [5.41, 5.74) is 3.42. The molecule has 1 aromatic rings. The minimum absolute atomic E-state index is 0.133. The van der Waals surface area contributed by atoms with Crippen molar-refractivity contribution in [3.8, 4) is 0 Å². The minimum atomic E-state index is -0.133. The first-order chi connectivity index (χ1) is 10.5. The van der Waals surface area contributed by atoms with Crippen molar-refractivity contribution in [1.29, 1.82) is 0 Å². The Balaban J connectivity index is 1.80. The molecular weight excluding hydrogens is 276 g/mol. The van der Waals surface area contributed by atoms with Crippen LogP contribution in [0, 0.1) is 0 Å². The van der Waals surface area contributed by atoms with Crippen LogP contribution in [-0.4, -0.2) is 50.6 Å². The third kappa shape index (κ3) is 2.69. The number of hydrogen-bond acceptors (Lipinski definition) is 4. The normalized spacial score (nSPS) is 22.9. The number of anilines is 1. The molecule has 1 saturated heterocycles. The third-order valence-corrected chi connectivity index (χ3v) is 4.72. The van der Waals surface area contributed by atoms with Crippen molar-refractivity contribution in [3.63, 3.8) is 0 Å². The second-order valence-corrected chi connectivity index (χ2v) is 6.59. The second kappa shape index (κ2) is 5.86. The fourth-order valence-corrected chi connectivity index (χ4v) is 3.44. The number of allylic oxidation sites excluding steroid dienone is 1. The predicted octanol–water partition coefficient (Wildman–Crippen LogP) is 2.20. The van der Waals surface area contributed by atoms with Crippen LogP contribution in [-0.2, 0) is 14.9 Å². The molecule has 0 radical (unpaired) electrons. The van der Waals surface area contributed by atoms with E-state index in [1.807, 2.05) is 19.2 Å². The maximum atomic E-state index is 12.5. The second-order valence-electron chi connectivity index (χ2n) is 6.59. The van der Waals surface area contributed by atoms with Crippen molar-refractivity contribution < 1.29 is 9.53 Å². The summed E-state index contributed by atoms with van der Waals surface area (Å²) < 4.78 is 5.33. The zero-order chi connectivity index (χ0) is 15.7. The molecule has 2 heterocycles. The number of carbonyl (C=O) groups excluding carboxylic acids is 1. The standard InChI is InChI=1S/C18H24N2O2/c1-18(2)15-6-4-5-7-16(15)19(3)17(18)12-14(21)13-20-8-10-22-11-9-20/h4-7,12H,8-11,13H2,1-3H3. The first-order valence-corrected chi connectivity index (χ1v) is 7.88. The van der Waals surface area contributed by atoms with Crippen LogP contribution in [0.1, 0.15) is 19.4 Å². The highest BCUT2D eigenvalue weighted by atomic mass is 16.5. The number of rotatable bonds is 3. The molecule has 118 valence electrons. The van der Waals surface area contributed by atoms with Crippen LogP contribution in [0.3, 0.4) is 0 Å². The molecule has 3 rings (SSSR count). The van der Waals surface area contributed by atoms with Crippen LogP contribution in [0.5, 0.6) is 0 Å². The van der Waals surface area contributed by atoms with Crippen molar-refractivity contribution in [2.75, 3.05) is 44.8 Å². The fraction of sp³-hybridized carbons (Fsp3) is 0.500. The van der Waals surface area contributed by atoms with E-state index in [4.69, 9.17) is 4.74 Å². The van der Waals surface area contributed by atoms with Crippen molar-refractivity contribution in [1.82, 2.24) is 4.90 Å². The smallest absolute Gasteiger partial charge is 0.171 e. The Morgan fingerprint density at radius 1 is 1.27 bits per heavy atom. The molecule has 2 aliphatic rings. The van der Waals surface area contributed by atoms with Crippen LogP contribution in [0.15, 0.2) is 36.0 Å². The third-order valence-electron chi connectivity index (χ3n) is 4.72. The number of ketones is 1. The fourth-order valence-electron chi connectivity index (χ4n) is 3.44. The molecule has 0 unspecified atom stereocenters. The molecule has 0 aromatic heterocycles. The first kappa shape index (κ1) is 15.3. The molecule has 0 spiro atoms. The summed E-state index contributed by atoms with van der Waals surface area (Å²) in [6, 6.07) is 8.38. The number of likely N-dealkylation sites (N-methyl/N-ethyl adjacent to an activating group) is 1. The minimum Gasteiger partial charge on any atom is -0.379 e. The van der Waals surface area contributed by atoms with Gasteiger partial charge >= 0.3 is 0 Å². The zero-order valence-electron chi connectivity index (χ0n) is 13.6. The van der Waals surface area contributed by atoms with Gasteiger partial charge in [-0.25, -0.2) is 0 Å². The van der Waals surface area contributed by atoms with E-state index >= 15 is 0 Å². The van der Waals surface area contributed by atoms with Gasteiger partial charge in [-0.15, -0.1) is 0 Å². The molecule has 1 aromatic carbocycles. The van der Waals surface area contributed by atoms with E-state index in [2.05, 4.69) is 41.8 Å². The molecule has 2 aliphatic heterocycles. The van der Waals surface area contributed by atoms with Gasteiger partial charge in [0.2, 0.25) is 0 Å². The van der Waals surface area contributed by atoms with Gasteiger partial charge in [-0.2, -0.15) is 0 Å². The lowest BCUT2D eigenvalue weighted by molar-refractivity contribution is -0.116. The van der Waals surface area contributed by atoms with Crippen LogP contribution in [0.25, 0.3) is 0 Å². The van der Waals surface area contributed by atoms with Crippen molar-refractivity contribution in [3.05, 3.63) is 41.6 Å². The van der Waals surface area contributed by atoms with Gasteiger partial charge in [0.1, 0.15) is 0 Å². The summed E-state index contributed by atoms with van der Waals surface area (Å²) in [7, 11) is 2.04. The number of carbonyl (C=O) groups is 1.